The van der Waals surface area contributed by atoms with Crippen molar-refractivity contribution in [1.82, 2.24) is 14.9 Å². The van der Waals surface area contributed by atoms with Gasteiger partial charge in [-0.15, -0.1) is 19.0 Å². The third-order valence-corrected chi connectivity index (χ3v) is 5.33. The molecule has 1 aromatic rings. The first-order valence-electron chi connectivity index (χ1n) is 7.62. The van der Waals surface area contributed by atoms with Gasteiger partial charge in [0.25, 0.3) is 5.91 Å². The van der Waals surface area contributed by atoms with Gasteiger partial charge in [-0.3, -0.25) is 4.79 Å². The number of nitrogens with zero attached hydrogens (tertiary/aromatic N) is 1. The van der Waals surface area contributed by atoms with Crippen molar-refractivity contribution >= 4 is 28.3 Å². The molecule has 0 spiro atoms. The molecule has 0 radical (unpaired) electrons. The molecule has 1 fully saturated rings. The molecule has 134 valence electrons. The number of hydrogen-bond donors (Lipinski definition) is 2. The van der Waals surface area contributed by atoms with E-state index in [0.29, 0.717) is 11.5 Å². The Labute approximate surface area is 149 Å². The van der Waals surface area contributed by atoms with Gasteiger partial charge in [0.15, 0.2) is 0 Å². The maximum absolute atomic E-state index is 12.5. The number of hydrogen-bond acceptors (Lipinski definition) is 4. The van der Waals surface area contributed by atoms with E-state index in [1.54, 1.807) is 12.1 Å². The minimum absolute atomic E-state index is 0. The predicted octanol–water partition coefficient (Wildman–Crippen LogP) is 1.25. The zero-order valence-corrected chi connectivity index (χ0v) is 15.3. The van der Waals surface area contributed by atoms with Crippen LogP contribution in [0.3, 0.4) is 0 Å². The molecule has 1 aliphatic rings. The summed E-state index contributed by atoms with van der Waals surface area (Å²) in [6.45, 7) is 6.02. The summed E-state index contributed by atoms with van der Waals surface area (Å²) in [6, 6.07) is 6.05. The largest absolute Gasteiger partial charge is 0.338 e. The lowest BCUT2D eigenvalue weighted by molar-refractivity contribution is 0.0787. The van der Waals surface area contributed by atoms with E-state index >= 15 is 0 Å². The topological polar surface area (TPSA) is 78.5 Å². The summed E-state index contributed by atoms with van der Waals surface area (Å²) in [6.07, 6.45) is 2.47. The minimum Gasteiger partial charge on any atom is -0.338 e. The van der Waals surface area contributed by atoms with Gasteiger partial charge in [-0.1, -0.05) is 6.08 Å². The summed E-state index contributed by atoms with van der Waals surface area (Å²) in [5, 5.41) is 3.13. The van der Waals surface area contributed by atoms with Crippen LogP contribution >= 0.6 is 12.4 Å². The van der Waals surface area contributed by atoms with Crippen LogP contribution < -0.4 is 10.0 Å². The highest BCUT2D eigenvalue weighted by atomic mass is 35.5. The maximum atomic E-state index is 12.5. The van der Waals surface area contributed by atoms with E-state index in [9.17, 15) is 13.2 Å². The van der Waals surface area contributed by atoms with Gasteiger partial charge in [-0.25, -0.2) is 13.1 Å². The molecular weight excluding hydrogens is 350 g/mol. The number of sulfonamides is 1. The normalized spacial score (nSPS) is 17.4. The lowest BCUT2D eigenvalue weighted by Crippen LogP contribution is -2.30. The van der Waals surface area contributed by atoms with E-state index in [-0.39, 0.29) is 29.8 Å². The highest BCUT2D eigenvalue weighted by Crippen LogP contribution is 2.19. The Morgan fingerprint density at radius 2 is 2.04 bits per heavy atom. The van der Waals surface area contributed by atoms with Crippen LogP contribution in [0, 0.1) is 5.92 Å². The Kier molecular flexibility index (Phi) is 7.89. The van der Waals surface area contributed by atoms with E-state index in [0.717, 1.165) is 26.1 Å². The van der Waals surface area contributed by atoms with Crippen molar-refractivity contribution in [2.24, 2.45) is 5.92 Å². The van der Waals surface area contributed by atoms with Crippen molar-refractivity contribution in [2.75, 3.05) is 33.2 Å². The summed E-state index contributed by atoms with van der Waals surface area (Å²) >= 11 is 0. The first-order valence-corrected chi connectivity index (χ1v) is 9.10. The molecule has 2 rings (SSSR count). The number of halogens is 1. The van der Waals surface area contributed by atoms with E-state index in [2.05, 4.69) is 16.6 Å². The maximum Gasteiger partial charge on any atom is 0.253 e. The quantitative estimate of drug-likeness (QED) is 0.705. The molecule has 1 aliphatic heterocycles. The zero-order valence-electron chi connectivity index (χ0n) is 13.7. The van der Waals surface area contributed by atoms with Crippen molar-refractivity contribution in [3.63, 3.8) is 0 Å². The fourth-order valence-corrected chi connectivity index (χ4v) is 3.68. The zero-order chi connectivity index (χ0) is 16.9. The molecule has 1 saturated heterocycles. The summed E-state index contributed by atoms with van der Waals surface area (Å²) < 4.78 is 26.4. The molecule has 2 N–H and O–H groups in total. The molecule has 0 saturated carbocycles. The lowest BCUT2D eigenvalue weighted by atomic mass is 10.1. The fourth-order valence-electron chi connectivity index (χ4n) is 2.68. The number of amides is 1. The molecule has 6 nitrogen and oxygen atoms in total. The van der Waals surface area contributed by atoms with Crippen LogP contribution in [0.1, 0.15) is 16.8 Å². The van der Waals surface area contributed by atoms with Crippen molar-refractivity contribution < 1.29 is 13.2 Å². The van der Waals surface area contributed by atoms with Crippen molar-refractivity contribution in [3.05, 3.63) is 42.5 Å². The molecular formula is C16H24ClN3O3S. The van der Waals surface area contributed by atoms with Gasteiger partial charge >= 0.3 is 0 Å². The number of nitrogens with one attached hydrogen (secondary N) is 2. The van der Waals surface area contributed by atoms with Crippen LogP contribution in [-0.2, 0) is 10.0 Å². The van der Waals surface area contributed by atoms with Gasteiger partial charge in [0.1, 0.15) is 0 Å². The number of carbonyl (C=O) groups is 1. The molecule has 0 aliphatic carbocycles. The van der Waals surface area contributed by atoms with E-state index in [1.165, 1.54) is 18.2 Å². The lowest BCUT2D eigenvalue weighted by Gasteiger charge is -2.17. The Morgan fingerprint density at radius 1 is 1.38 bits per heavy atom. The molecule has 8 heteroatoms. The molecule has 0 bridgehead atoms. The van der Waals surface area contributed by atoms with Crippen LogP contribution in [0.2, 0.25) is 0 Å². The van der Waals surface area contributed by atoms with Gasteiger partial charge < -0.3 is 10.2 Å². The average Bonchev–Trinajstić information content (AvgIpc) is 3.01. The van der Waals surface area contributed by atoms with E-state index in [4.69, 9.17) is 0 Å². The summed E-state index contributed by atoms with van der Waals surface area (Å²) in [5.41, 5.74) is 0.512. The van der Waals surface area contributed by atoms with Crippen molar-refractivity contribution in [1.29, 1.82) is 0 Å². The van der Waals surface area contributed by atoms with Gasteiger partial charge in [0, 0.05) is 25.2 Å². The highest BCUT2D eigenvalue weighted by molar-refractivity contribution is 7.89. The first-order chi connectivity index (χ1) is 11.0. The predicted molar refractivity (Wildman–Crippen MR) is 97.0 cm³/mol. The highest BCUT2D eigenvalue weighted by Gasteiger charge is 2.26. The molecule has 0 aromatic heterocycles. The van der Waals surface area contributed by atoms with Crippen LogP contribution in [0.15, 0.2) is 41.8 Å². The van der Waals surface area contributed by atoms with E-state index < -0.39 is 10.0 Å². The molecule has 1 heterocycles. The third kappa shape index (κ3) is 5.04. The second kappa shape index (κ2) is 9.17. The van der Waals surface area contributed by atoms with Crippen molar-refractivity contribution in [2.45, 2.75) is 11.3 Å². The van der Waals surface area contributed by atoms with Gasteiger partial charge in [0.2, 0.25) is 10.0 Å². The molecule has 24 heavy (non-hydrogen) atoms. The third-order valence-electron chi connectivity index (χ3n) is 3.90. The van der Waals surface area contributed by atoms with Gasteiger partial charge in [-0.2, -0.15) is 0 Å². The average molecular weight is 374 g/mol. The number of carbonyl (C=O) groups excluding carboxylic acids is 1. The van der Waals surface area contributed by atoms with Crippen molar-refractivity contribution in [3.8, 4) is 0 Å². The Hall–Kier alpha value is -1.41. The first kappa shape index (κ1) is 20.6. The number of rotatable bonds is 7. The summed E-state index contributed by atoms with van der Waals surface area (Å²) in [5.74, 6) is 0.429. The monoisotopic (exact) mass is 373 g/mol. The fraction of sp³-hybridized carbons (Fsp3) is 0.438. The Morgan fingerprint density at radius 3 is 2.62 bits per heavy atom. The Bertz CT molecular complexity index is 662. The van der Waals surface area contributed by atoms with Crippen LogP contribution in [0.5, 0.6) is 0 Å². The second-order valence-electron chi connectivity index (χ2n) is 5.63. The number of benzene rings is 1. The van der Waals surface area contributed by atoms with Crippen LogP contribution in [0.4, 0.5) is 0 Å². The van der Waals surface area contributed by atoms with Gasteiger partial charge in [-0.05, 0) is 50.2 Å². The molecule has 1 unspecified atom stereocenters. The second-order valence-corrected chi connectivity index (χ2v) is 7.40. The Balaban J connectivity index is 0.00000288. The smallest absolute Gasteiger partial charge is 0.253 e. The molecule has 1 amide bonds. The SMILES string of the molecule is C=CCNS(=O)(=O)c1ccc(C(=O)N2CCC(CNC)C2)cc1.Cl. The molecule has 1 atom stereocenters. The van der Waals surface area contributed by atoms with Gasteiger partial charge in [0.05, 0.1) is 4.90 Å². The molecule has 1 aromatic carbocycles. The summed E-state index contributed by atoms with van der Waals surface area (Å²) in [4.78, 5) is 14.4. The summed E-state index contributed by atoms with van der Waals surface area (Å²) in [7, 11) is -1.65. The standard InChI is InChI=1S/C16H23N3O3S.ClH/c1-3-9-18-23(21,22)15-6-4-14(5-7-15)16(20)19-10-8-13(12-19)11-17-2;/h3-7,13,17-18H,1,8-12H2,2H3;1H. The minimum atomic E-state index is -3.55. The van der Waals surface area contributed by atoms with E-state index in [1.807, 2.05) is 11.9 Å². The number of likely N-dealkylation sites (tertiary alicyclic amines) is 1. The van der Waals surface area contributed by atoms with Crippen LogP contribution in [-0.4, -0.2) is 52.5 Å². The van der Waals surface area contributed by atoms with Crippen LogP contribution in [0.25, 0.3) is 0 Å².